The third-order valence-corrected chi connectivity index (χ3v) is 7.11. The summed E-state index contributed by atoms with van der Waals surface area (Å²) in [6.07, 6.45) is 4.49. The molecule has 0 bridgehead atoms. The van der Waals surface area contributed by atoms with Crippen LogP contribution in [-0.4, -0.2) is 74.5 Å². The van der Waals surface area contributed by atoms with Gasteiger partial charge in [0.25, 0.3) is 0 Å². The van der Waals surface area contributed by atoms with Crippen LogP contribution in [0.25, 0.3) is 0 Å². The van der Waals surface area contributed by atoms with Gasteiger partial charge in [-0.25, -0.2) is 8.42 Å². The van der Waals surface area contributed by atoms with Crippen molar-refractivity contribution in [1.29, 1.82) is 0 Å². The predicted octanol–water partition coefficient (Wildman–Crippen LogP) is -0.0799. The van der Waals surface area contributed by atoms with E-state index in [9.17, 15) is 8.42 Å². The Morgan fingerprint density at radius 3 is 2.40 bits per heavy atom. The fraction of sp³-hybridized carbons (Fsp3) is 1.00. The molecule has 1 unspecified atom stereocenters. The van der Waals surface area contributed by atoms with Crippen LogP contribution in [0.2, 0.25) is 0 Å². The van der Waals surface area contributed by atoms with Gasteiger partial charge in [0.2, 0.25) is 0 Å². The summed E-state index contributed by atoms with van der Waals surface area (Å²) in [5.74, 6) is 1.54. The van der Waals surface area contributed by atoms with Crippen molar-refractivity contribution in [3.63, 3.8) is 0 Å². The third kappa shape index (κ3) is 3.18. The summed E-state index contributed by atoms with van der Waals surface area (Å²) in [5.41, 5.74) is 5.71. The SMILES string of the molecule is NCC1(N2CCN(CC3CC3)CC2)CCCS(=O)(=O)C1. The van der Waals surface area contributed by atoms with E-state index in [1.165, 1.54) is 19.4 Å². The maximum absolute atomic E-state index is 12.0. The minimum atomic E-state index is -2.91. The van der Waals surface area contributed by atoms with Crippen LogP contribution < -0.4 is 5.73 Å². The van der Waals surface area contributed by atoms with Crippen LogP contribution in [0.4, 0.5) is 0 Å². The highest BCUT2D eigenvalue weighted by molar-refractivity contribution is 7.91. The molecule has 20 heavy (non-hydrogen) atoms. The van der Waals surface area contributed by atoms with E-state index in [2.05, 4.69) is 9.80 Å². The number of hydrogen-bond donors (Lipinski definition) is 1. The molecule has 0 radical (unpaired) electrons. The van der Waals surface area contributed by atoms with Gasteiger partial charge in [-0.15, -0.1) is 0 Å². The van der Waals surface area contributed by atoms with E-state index >= 15 is 0 Å². The second-order valence-corrected chi connectivity index (χ2v) is 9.04. The van der Waals surface area contributed by atoms with Gasteiger partial charge in [0, 0.05) is 44.8 Å². The van der Waals surface area contributed by atoms with Crippen molar-refractivity contribution in [3.05, 3.63) is 0 Å². The topological polar surface area (TPSA) is 66.6 Å². The zero-order valence-corrected chi connectivity index (χ0v) is 13.1. The van der Waals surface area contributed by atoms with Gasteiger partial charge in [0.1, 0.15) is 0 Å². The largest absolute Gasteiger partial charge is 0.329 e. The van der Waals surface area contributed by atoms with Gasteiger partial charge in [-0.3, -0.25) is 4.90 Å². The van der Waals surface area contributed by atoms with Gasteiger partial charge < -0.3 is 10.6 Å². The molecule has 1 atom stereocenters. The Morgan fingerprint density at radius 1 is 1.15 bits per heavy atom. The number of piperazine rings is 1. The Kier molecular flexibility index (Phi) is 4.10. The summed E-state index contributed by atoms with van der Waals surface area (Å²) in [7, 11) is -2.91. The first-order valence-corrected chi connectivity index (χ1v) is 9.73. The number of sulfone groups is 1. The molecule has 2 heterocycles. The monoisotopic (exact) mass is 301 g/mol. The zero-order chi connectivity index (χ0) is 14.2. The lowest BCUT2D eigenvalue weighted by Crippen LogP contribution is -2.64. The molecule has 2 aliphatic heterocycles. The maximum Gasteiger partial charge on any atom is 0.152 e. The van der Waals surface area contributed by atoms with Gasteiger partial charge in [-0.2, -0.15) is 0 Å². The number of rotatable bonds is 4. The lowest BCUT2D eigenvalue weighted by Gasteiger charge is -2.49. The highest BCUT2D eigenvalue weighted by Crippen LogP contribution is 2.32. The molecular formula is C14H27N3O2S. The first-order chi connectivity index (χ1) is 9.53. The van der Waals surface area contributed by atoms with Gasteiger partial charge in [-0.1, -0.05) is 0 Å². The Labute approximate surface area is 122 Å². The van der Waals surface area contributed by atoms with Crippen molar-refractivity contribution in [1.82, 2.24) is 9.80 Å². The molecule has 5 nitrogen and oxygen atoms in total. The molecule has 2 saturated heterocycles. The summed E-state index contributed by atoms with van der Waals surface area (Å²) in [4.78, 5) is 4.91. The molecule has 0 aromatic rings. The number of nitrogens with two attached hydrogens (primary N) is 1. The van der Waals surface area contributed by atoms with Crippen LogP contribution in [-0.2, 0) is 9.84 Å². The molecule has 6 heteroatoms. The second-order valence-electron chi connectivity index (χ2n) is 6.86. The van der Waals surface area contributed by atoms with Crippen LogP contribution in [0, 0.1) is 5.92 Å². The molecule has 1 aliphatic carbocycles. The van der Waals surface area contributed by atoms with E-state index in [1.807, 2.05) is 0 Å². The van der Waals surface area contributed by atoms with E-state index < -0.39 is 9.84 Å². The molecule has 0 amide bonds. The highest BCUT2D eigenvalue weighted by atomic mass is 32.2. The van der Waals surface area contributed by atoms with Gasteiger partial charge in [0.15, 0.2) is 9.84 Å². The van der Waals surface area contributed by atoms with Crippen molar-refractivity contribution in [2.75, 3.05) is 50.8 Å². The second kappa shape index (κ2) is 5.55. The van der Waals surface area contributed by atoms with Crippen molar-refractivity contribution >= 4 is 9.84 Å². The molecule has 1 saturated carbocycles. The highest BCUT2D eigenvalue weighted by Gasteiger charge is 2.43. The normalized spacial score (nSPS) is 36.0. The van der Waals surface area contributed by atoms with E-state index in [4.69, 9.17) is 5.73 Å². The molecule has 3 rings (SSSR count). The van der Waals surface area contributed by atoms with E-state index in [-0.39, 0.29) is 11.3 Å². The Balaban J connectivity index is 1.62. The van der Waals surface area contributed by atoms with Gasteiger partial charge in [-0.05, 0) is 31.6 Å². The third-order valence-electron chi connectivity index (χ3n) is 5.22. The molecule has 0 aromatic heterocycles. The van der Waals surface area contributed by atoms with Crippen molar-refractivity contribution < 1.29 is 8.42 Å². The minimum absolute atomic E-state index is 0.263. The summed E-state index contributed by atoms with van der Waals surface area (Å²) in [6, 6.07) is 0. The predicted molar refractivity (Wildman–Crippen MR) is 80.4 cm³/mol. The molecule has 0 spiro atoms. The average Bonchev–Trinajstić information content (AvgIpc) is 3.22. The Bertz CT molecular complexity index is 441. The van der Waals surface area contributed by atoms with Crippen LogP contribution in [0.1, 0.15) is 25.7 Å². The first kappa shape index (κ1) is 14.8. The van der Waals surface area contributed by atoms with E-state index in [0.717, 1.165) is 44.9 Å². The summed E-state index contributed by atoms with van der Waals surface area (Å²) in [6.45, 7) is 5.78. The van der Waals surface area contributed by atoms with Crippen LogP contribution in [0.3, 0.4) is 0 Å². The minimum Gasteiger partial charge on any atom is -0.329 e. The molecule has 3 aliphatic rings. The maximum atomic E-state index is 12.0. The summed E-state index contributed by atoms with van der Waals surface area (Å²) in [5, 5.41) is 0. The molecule has 2 N–H and O–H groups in total. The molecule has 0 aromatic carbocycles. The van der Waals surface area contributed by atoms with Crippen LogP contribution >= 0.6 is 0 Å². The fourth-order valence-corrected chi connectivity index (χ4v) is 5.78. The number of hydrogen-bond acceptors (Lipinski definition) is 5. The quantitative estimate of drug-likeness (QED) is 0.787. The zero-order valence-electron chi connectivity index (χ0n) is 12.3. The summed E-state index contributed by atoms with van der Waals surface area (Å²) < 4.78 is 24.0. The number of nitrogens with zero attached hydrogens (tertiary/aromatic N) is 2. The van der Waals surface area contributed by atoms with Crippen molar-refractivity contribution in [2.45, 2.75) is 31.2 Å². The van der Waals surface area contributed by atoms with Gasteiger partial charge >= 0.3 is 0 Å². The average molecular weight is 301 g/mol. The Hall–Kier alpha value is -0.170. The lowest BCUT2D eigenvalue weighted by atomic mass is 9.92. The smallest absolute Gasteiger partial charge is 0.152 e. The Morgan fingerprint density at radius 2 is 1.85 bits per heavy atom. The van der Waals surface area contributed by atoms with Crippen LogP contribution in [0.15, 0.2) is 0 Å². The summed E-state index contributed by atoms with van der Waals surface area (Å²) >= 11 is 0. The van der Waals surface area contributed by atoms with Crippen molar-refractivity contribution in [2.24, 2.45) is 11.7 Å². The fourth-order valence-electron chi connectivity index (χ4n) is 3.78. The van der Waals surface area contributed by atoms with Crippen molar-refractivity contribution in [3.8, 4) is 0 Å². The lowest BCUT2D eigenvalue weighted by molar-refractivity contribution is 0.0394. The molecule has 3 fully saturated rings. The van der Waals surface area contributed by atoms with E-state index in [1.54, 1.807) is 0 Å². The molecular weight excluding hydrogens is 274 g/mol. The van der Waals surface area contributed by atoms with Crippen LogP contribution in [0.5, 0.6) is 0 Å². The molecule has 116 valence electrons. The van der Waals surface area contributed by atoms with E-state index in [0.29, 0.717) is 12.3 Å². The first-order valence-electron chi connectivity index (χ1n) is 7.91. The van der Waals surface area contributed by atoms with Gasteiger partial charge in [0.05, 0.1) is 11.5 Å². The standard InChI is InChI=1S/C14H27N3O2S/c15-11-14(4-1-9-20(18,19)12-14)17-7-5-16(6-8-17)10-13-2-3-13/h13H,1-12,15H2.